The highest BCUT2D eigenvalue weighted by Gasteiger charge is 2.53. The normalized spacial score (nSPS) is 29.1. The summed E-state index contributed by atoms with van der Waals surface area (Å²) in [4.78, 5) is 13.4. The molecular weight excluding hydrogens is 440 g/mol. The Balaban J connectivity index is 1.68. The summed E-state index contributed by atoms with van der Waals surface area (Å²) < 4.78 is 18.2. The van der Waals surface area contributed by atoms with E-state index in [1.165, 1.54) is 39.5 Å². The molecule has 7 nitrogen and oxygen atoms in total. The number of aryl methyl sites for hydroxylation is 1. The zero-order valence-corrected chi connectivity index (χ0v) is 20.4. The molecule has 1 fully saturated rings. The molecule has 8 rings (SSSR count). The molecular formula is C28H30N4O3. The van der Waals surface area contributed by atoms with Crippen LogP contribution in [0.15, 0.2) is 24.3 Å². The Kier molecular flexibility index (Phi) is 3.87. The van der Waals surface area contributed by atoms with Crippen LogP contribution in [0.5, 0.6) is 0 Å². The number of likely N-dealkylation sites (N-methyl/N-ethyl adjacent to an activating group) is 1. The van der Waals surface area contributed by atoms with Crippen LogP contribution in [0.2, 0.25) is 0 Å². The Morgan fingerprint density at radius 1 is 1.14 bits per heavy atom. The molecule has 1 aliphatic carbocycles. The maximum absolute atomic E-state index is 13.4. The fraction of sp³-hybridized carbons (Fsp3) is 0.464. The molecule has 0 radical (unpaired) electrons. The molecule has 4 atom stereocenters. The fourth-order valence-electron chi connectivity index (χ4n) is 7.93. The highest BCUT2D eigenvalue weighted by atomic mass is 16.6. The number of carbonyl (C=O) groups excluding carboxylic acids is 1. The van der Waals surface area contributed by atoms with Gasteiger partial charge in [-0.05, 0) is 56.8 Å². The van der Waals surface area contributed by atoms with E-state index in [1.54, 1.807) is 7.11 Å². The predicted octanol–water partition coefficient (Wildman–Crippen LogP) is 4.08. The van der Waals surface area contributed by atoms with Crippen LogP contribution in [0.4, 0.5) is 0 Å². The number of hydrogen-bond donors (Lipinski definition) is 2. The second-order valence-electron chi connectivity index (χ2n) is 10.8. The van der Waals surface area contributed by atoms with E-state index in [-0.39, 0.29) is 24.3 Å². The van der Waals surface area contributed by atoms with Gasteiger partial charge in [0.1, 0.15) is 12.3 Å². The number of aromatic nitrogens is 2. The summed E-state index contributed by atoms with van der Waals surface area (Å²) in [5.41, 5.74) is 7.53. The van der Waals surface area contributed by atoms with Crippen LogP contribution >= 0.6 is 0 Å². The summed E-state index contributed by atoms with van der Waals surface area (Å²) in [5, 5.41) is 10.2. The van der Waals surface area contributed by atoms with E-state index in [0.29, 0.717) is 6.54 Å². The van der Waals surface area contributed by atoms with Gasteiger partial charge in [-0.3, -0.25) is 4.79 Å². The van der Waals surface area contributed by atoms with Crippen LogP contribution in [0, 0.1) is 0 Å². The lowest BCUT2D eigenvalue weighted by atomic mass is 9.90. The average Bonchev–Trinajstić information content (AvgIpc) is 3.51. The van der Waals surface area contributed by atoms with Gasteiger partial charge in [0, 0.05) is 48.0 Å². The van der Waals surface area contributed by atoms with Crippen molar-refractivity contribution in [3.63, 3.8) is 0 Å². The summed E-state index contributed by atoms with van der Waals surface area (Å²) in [6.45, 7) is 2.76. The van der Waals surface area contributed by atoms with Crippen LogP contribution in [0.25, 0.3) is 32.7 Å². The van der Waals surface area contributed by atoms with Crippen LogP contribution < -0.4 is 10.6 Å². The smallest absolute Gasteiger partial charge is 0.252 e. The van der Waals surface area contributed by atoms with Crippen molar-refractivity contribution in [2.24, 2.45) is 0 Å². The minimum atomic E-state index is -0.718. The van der Waals surface area contributed by atoms with Gasteiger partial charge in [0.2, 0.25) is 0 Å². The average molecular weight is 471 g/mol. The van der Waals surface area contributed by atoms with Gasteiger partial charge < -0.3 is 29.2 Å². The molecule has 4 aromatic rings. The zero-order valence-electron chi connectivity index (χ0n) is 20.4. The molecule has 0 spiro atoms. The first-order valence-corrected chi connectivity index (χ1v) is 12.9. The minimum Gasteiger partial charge on any atom is -0.375 e. The van der Waals surface area contributed by atoms with Gasteiger partial charge in [-0.15, -0.1) is 0 Å². The zero-order chi connectivity index (χ0) is 23.6. The summed E-state index contributed by atoms with van der Waals surface area (Å²) in [6, 6.07) is 8.71. The molecule has 1 amide bonds. The van der Waals surface area contributed by atoms with Crippen molar-refractivity contribution in [3.8, 4) is 0 Å². The number of amides is 1. The van der Waals surface area contributed by atoms with E-state index in [0.717, 1.165) is 47.7 Å². The third kappa shape index (κ3) is 2.22. The SMILES string of the molecule is CN[C@H]1C[C@@H]2O[C@](C)([C@@H]1OC)n1c3ccccc3c3c4c(c5c6c(n2c5c31)CCCC6)C(=O)NC4. The molecule has 3 aliphatic heterocycles. The highest BCUT2D eigenvalue weighted by Crippen LogP contribution is 2.53. The van der Waals surface area contributed by atoms with Crippen molar-refractivity contribution >= 4 is 38.6 Å². The lowest BCUT2D eigenvalue weighted by Gasteiger charge is -2.48. The van der Waals surface area contributed by atoms with E-state index in [1.807, 2.05) is 7.05 Å². The highest BCUT2D eigenvalue weighted by molar-refractivity contribution is 6.26. The summed E-state index contributed by atoms with van der Waals surface area (Å²) >= 11 is 0. The number of hydrogen-bond acceptors (Lipinski definition) is 4. The third-order valence-corrected chi connectivity index (χ3v) is 9.19. The Morgan fingerprint density at radius 3 is 2.80 bits per heavy atom. The quantitative estimate of drug-likeness (QED) is 0.463. The van der Waals surface area contributed by atoms with E-state index in [4.69, 9.17) is 9.47 Å². The van der Waals surface area contributed by atoms with Gasteiger partial charge in [-0.1, -0.05) is 18.2 Å². The van der Waals surface area contributed by atoms with E-state index in [9.17, 15) is 4.79 Å². The number of carbonyl (C=O) groups is 1. The topological polar surface area (TPSA) is 69.5 Å². The molecule has 2 aromatic heterocycles. The third-order valence-electron chi connectivity index (χ3n) is 9.19. The van der Waals surface area contributed by atoms with Crippen molar-refractivity contribution in [2.75, 3.05) is 14.2 Å². The number of para-hydroxylation sites is 1. The molecule has 2 bridgehead atoms. The molecule has 180 valence electrons. The van der Waals surface area contributed by atoms with Gasteiger partial charge in [0.05, 0.1) is 22.1 Å². The van der Waals surface area contributed by atoms with E-state index < -0.39 is 5.72 Å². The largest absolute Gasteiger partial charge is 0.375 e. The molecule has 4 aliphatic rings. The number of ether oxygens (including phenoxy) is 2. The molecule has 0 unspecified atom stereocenters. The van der Waals surface area contributed by atoms with Crippen LogP contribution in [0.1, 0.15) is 59.6 Å². The Bertz CT molecular complexity index is 1600. The van der Waals surface area contributed by atoms with E-state index >= 15 is 0 Å². The molecule has 1 saturated heterocycles. The number of rotatable bonds is 2. The first kappa shape index (κ1) is 20.3. The van der Waals surface area contributed by atoms with Crippen LogP contribution in [-0.4, -0.2) is 41.3 Å². The molecule has 2 aromatic carbocycles. The monoisotopic (exact) mass is 470 g/mol. The lowest BCUT2D eigenvalue weighted by Crippen LogP contribution is -2.59. The molecule has 0 saturated carbocycles. The Hall–Kier alpha value is -2.87. The molecule has 7 heteroatoms. The summed E-state index contributed by atoms with van der Waals surface area (Å²) in [6.07, 6.45) is 4.89. The Morgan fingerprint density at radius 2 is 1.97 bits per heavy atom. The Labute approximate surface area is 203 Å². The van der Waals surface area contributed by atoms with Gasteiger partial charge in [-0.2, -0.15) is 0 Å². The van der Waals surface area contributed by atoms with Crippen LogP contribution in [0.3, 0.4) is 0 Å². The first-order chi connectivity index (χ1) is 17.1. The molecule has 35 heavy (non-hydrogen) atoms. The van der Waals surface area contributed by atoms with Gasteiger partial charge in [0.25, 0.3) is 5.91 Å². The number of methoxy groups -OCH3 is 1. The van der Waals surface area contributed by atoms with E-state index in [2.05, 4.69) is 51.0 Å². The minimum absolute atomic E-state index is 0.0615. The van der Waals surface area contributed by atoms with Crippen LogP contribution in [-0.2, 0) is 34.6 Å². The second-order valence-corrected chi connectivity index (χ2v) is 10.8. The van der Waals surface area contributed by atoms with Crippen molar-refractivity contribution < 1.29 is 14.3 Å². The number of benzene rings is 2. The predicted molar refractivity (Wildman–Crippen MR) is 135 cm³/mol. The number of nitrogens with zero attached hydrogens (tertiary/aromatic N) is 2. The van der Waals surface area contributed by atoms with Crippen molar-refractivity contribution in [3.05, 3.63) is 46.6 Å². The second kappa shape index (κ2) is 6.66. The van der Waals surface area contributed by atoms with Crippen molar-refractivity contribution in [1.82, 2.24) is 19.8 Å². The number of nitrogens with one attached hydrogen (secondary N) is 2. The van der Waals surface area contributed by atoms with Gasteiger partial charge in [-0.25, -0.2) is 0 Å². The molecule has 2 N–H and O–H groups in total. The van der Waals surface area contributed by atoms with Crippen molar-refractivity contribution in [1.29, 1.82) is 0 Å². The lowest BCUT2D eigenvalue weighted by molar-refractivity contribution is -0.257. The summed E-state index contributed by atoms with van der Waals surface area (Å²) in [7, 11) is 3.81. The van der Waals surface area contributed by atoms with Gasteiger partial charge in [0.15, 0.2) is 5.72 Å². The maximum atomic E-state index is 13.4. The molecule has 5 heterocycles. The van der Waals surface area contributed by atoms with Crippen molar-refractivity contribution in [2.45, 2.75) is 69.7 Å². The summed E-state index contributed by atoms with van der Waals surface area (Å²) in [5.74, 6) is 0.0615. The van der Waals surface area contributed by atoms with Gasteiger partial charge >= 0.3 is 0 Å². The standard InChI is InChI=1S/C28H30N4O3/c1-28-26(34-3)17(29-2)12-20(35-28)31-18-10-6-4-8-14(18)22-23-16(13-30-27(23)33)21-15-9-5-7-11-19(15)32(28)25(21)24(22)31/h5,7,9,11,17,20,26,29H,4,6,8,10,12-13H2,1-3H3,(H,30,33)/t17-,20-,26+,28+/m0/s1. The first-order valence-electron chi connectivity index (χ1n) is 12.9. The fourth-order valence-corrected chi connectivity index (χ4v) is 7.93. The maximum Gasteiger partial charge on any atom is 0.252 e. The number of fused-ring (bicyclic) bond motifs is 13.